The Morgan fingerprint density at radius 2 is 2.00 bits per heavy atom. The third kappa shape index (κ3) is 4.44. The molecule has 0 bridgehead atoms. The summed E-state index contributed by atoms with van der Waals surface area (Å²) in [5, 5.41) is 7.55. The molecule has 1 aliphatic carbocycles. The van der Waals surface area contributed by atoms with Gasteiger partial charge in [-0.1, -0.05) is 24.3 Å². The summed E-state index contributed by atoms with van der Waals surface area (Å²) in [6, 6.07) is 12.8. The van der Waals surface area contributed by atoms with Crippen molar-refractivity contribution in [2.75, 3.05) is 13.7 Å². The fourth-order valence-corrected chi connectivity index (χ4v) is 4.09. The van der Waals surface area contributed by atoms with E-state index in [4.69, 9.17) is 4.74 Å². The van der Waals surface area contributed by atoms with E-state index in [2.05, 4.69) is 15.2 Å². The van der Waals surface area contributed by atoms with Crippen LogP contribution < -0.4 is 14.8 Å². The second kappa shape index (κ2) is 9.38. The lowest BCUT2D eigenvalue weighted by molar-refractivity contribution is -0.0512. The molecule has 1 heterocycles. The number of ether oxygens (including phenoxy) is 2. The maximum absolute atomic E-state index is 12.9. The van der Waals surface area contributed by atoms with Gasteiger partial charge in [-0.25, -0.2) is 4.68 Å². The Balaban J connectivity index is 1.47. The Labute approximate surface area is 185 Å². The molecule has 1 aromatic heterocycles. The molecular formula is C24H25F2N3O3. The van der Waals surface area contributed by atoms with Crippen LogP contribution in [-0.2, 0) is 19.3 Å². The molecule has 0 atom stereocenters. The molecule has 0 saturated carbocycles. The number of carbonyl (C=O) groups excluding carboxylic acids is 1. The number of nitrogens with one attached hydrogen (secondary N) is 1. The van der Waals surface area contributed by atoms with Crippen LogP contribution in [0.25, 0.3) is 5.69 Å². The number of hydrogen-bond donors (Lipinski definition) is 1. The average Bonchev–Trinajstić information content (AvgIpc) is 3.37. The third-order valence-corrected chi connectivity index (χ3v) is 5.63. The smallest absolute Gasteiger partial charge is 0.387 e. The zero-order valence-electron chi connectivity index (χ0n) is 18.0. The topological polar surface area (TPSA) is 65.4 Å². The van der Waals surface area contributed by atoms with E-state index in [-0.39, 0.29) is 17.4 Å². The number of fused-ring (bicyclic) bond motifs is 1. The van der Waals surface area contributed by atoms with Crippen molar-refractivity contribution in [1.82, 2.24) is 15.1 Å². The zero-order chi connectivity index (χ0) is 22.7. The van der Waals surface area contributed by atoms with Gasteiger partial charge in [-0.05, 0) is 61.9 Å². The number of para-hydroxylation sites is 1. The van der Waals surface area contributed by atoms with Crippen molar-refractivity contribution in [3.05, 3.63) is 70.5 Å². The van der Waals surface area contributed by atoms with E-state index < -0.39 is 6.61 Å². The van der Waals surface area contributed by atoms with Crippen molar-refractivity contribution in [3.8, 4) is 17.2 Å². The van der Waals surface area contributed by atoms with Crippen molar-refractivity contribution in [2.45, 2.75) is 39.2 Å². The quantitative estimate of drug-likeness (QED) is 0.568. The second-order valence-corrected chi connectivity index (χ2v) is 7.70. The molecule has 32 heavy (non-hydrogen) atoms. The number of halogens is 2. The highest BCUT2D eigenvalue weighted by Gasteiger charge is 2.27. The number of carbonyl (C=O) groups is 1. The van der Waals surface area contributed by atoms with Gasteiger partial charge in [-0.15, -0.1) is 0 Å². The highest BCUT2D eigenvalue weighted by Crippen LogP contribution is 2.30. The van der Waals surface area contributed by atoms with E-state index in [9.17, 15) is 13.6 Å². The number of nitrogens with zero attached hydrogens (tertiary/aromatic N) is 2. The van der Waals surface area contributed by atoms with E-state index in [0.29, 0.717) is 18.7 Å². The summed E-state index contributed by atoms with van der Waals surface area (Å²) in [6.45, 7) is -0.575. The van der Waals surface area contributed by atoms with Gasteiger partial charge in [0, 0.05) is 17.8 Å². The summed E-state index contributed by atoms with van der Waals surface area (Å²) in [5.74, 6) is -0.0236. The third-order valence-electron chi connectivity index (χ3n) is 5.63. The molecule has 168 valence electrons. The van der Waals surface area contributed by atoms with Crippen LogP contribution in [0.15, 0.2) is 42.5 Å². The van der Waals surface area contributed by atoms with Crippen molar-refractivity contribution >= 4 is 5.91 Å². The highest BCUT2D eigenvalue weighted by atomic mass is 19.3. The monoisotopic (exact) mass is 441 g/mol. The van der Waals surface area contributed by atoms with Crippen LogP contribution in [0.2, 0.25) is 0 Å². The lowest BCUT2D eigenvalue weighted by Gasteiger charge is -2.12. The molecule has 0 spiro atoms. The molecule has 1 amide bonds. The summed E-state index contributed by atoms with van der Waals surface area (Å²) in [7, 11) is 1.39. The Bertz CT molecular complexity index is 1130. The molecule has 8 heteroatoms. The van der Waals surface area contributed by atoms with E-state index in [0.717, 1.165) is 47.3 Å². The number of aromatic nitrogens is 2. The van der Waals surface area contributed by atoms with E-state index in [1.165, 1.54) is 13.2 Å². The Hall–Kier alpha value is -3.42. The van der Waals surface area contributed by atoms with Gasteiger partial charge >= 0.3 is 6.61 Å². The van der Waals surface area contributed by atoms with Gasteiger partial charge in [0.25, 0.3) is 5.91 Å². The van der Waals surface area contributed by atoms with Gasteiger partial charge in [0.1, 0.15) is 0 Å². The zero-order valence-corrected chi connectivity index (χ0v) is 18.0. The standard InChI is InChI=1S/C24H25F2N3O3/c1-15-6-3-4-8-18(15)29-19-9-5-7-17(19)22(28-29)23(30)27-13-12-16-10-11-20(31-2)21(14-16)32-24(25)26/h3-4,6,8,10-11,14,24H,5,7,9,12-13H2,1-2H3,(H,27,30). The minimum atomic E-state index is -2.94. The SMILES string of the molecule is COc1ccc(CCNC(=O)c2nn(-c3ccccc3C)c3c2CCC3)cc1OC(F)F. The van der Waals surface area contributed by atoms with Gasteiger partial charge in [-0.2, -0.15) is 13.9 Å². The summed E-state index contributed by atoms with van der Waals surface area (Å²) in [5.41, 5.74) is 5.37. The van der Waals surface area contributed by atoms with Crippen LogP contribution in [0.5, 0.6) is 11.5 Å². The number of aryl methyl sites for hydroxylation is 1. The summed E-state index contributed by atoms with van der Waals surface area (Å²) >= 11 is 0. The first kappa shape index (κ1) is 21.8. The van der Waals surface area contributed by atoms with Crippen LogP contribution >= 0.6 is 0 Å². The van der Waals surface area contributed by atoms with E-state index in [1.54, 1.807) is 12.1 Å². The molecule has 0 unspecified atom stereocenters. The second-order valence-electron chi connectivity index (χ2n) is 7.70. The number of hydrogen-bond acceptors (Lipinski definition) is 4. The molecule has 0 radical (unpaired) electrons. The van der Waals surface area contributed by atoms with E-state index >= 15 is 0 Å². The first-order chi connectivity index (χ1) is 15.5. The predicted molar refractivity (Wildman–Crippen MR) is 116 cm³/mol. The fraction of sp³-hybridized carbons (Fsp3) is 0.333. The number of alkyl halides is 2. The molecule has 1 N–H and O–H groups in total. The highest BCUT2D eigenvalue weighted by molar-refractivity contribution is 5.94. The summed E-state index contributed by atoms with van der Waals surface area (Å²) < 4.78 is 36.7. The lowest BCUT2D eigenvalue weighted by Crippen LogP contribution is -2.27. The fourth-order valence-electron chi connectivity index (χ4n) is 4.09. The van der Waals surface area contributed by atoms with Crippen LogP contribution in [0.3, 0.4) is 0 Å². The average molecular weight is 441 g/mol. The van der Waals surface area contributed by atoms with Gasteiger partial charge in [0.2, 0.25) is 0 Å². The lowest BCUT2D eigenvalue weighted by atomic mass is 10.1. The molecule has 1 aliphatic rings. The van der Waals surface area contributed by atoms with Crippen LogP contribution in [0.1, 0.15) is 39.3 Å². The van der Waals surface area contributed by atoms with Crippen LogP contribution in [-0.4, -0.2) is 36.0 Å². The first-order valence-electron chi connectivity index (χ1n) is 10.5. The summed E-state index contributed by atoms with van der Waals surface area (Å²) in [4.78, 5) is 12.9. The molecule has 0 saturated heterocycles. The number of amides is 1. The maximum Gasteiger partial charge on any atom is 0.387 e. The number of rotatable bonds is 8. The minimum Gasteiger partial charge on any atom is -0.493 e. The Kier molecular flexibility index (Phi) is 6.39. The van der Waals surface area contributed by atoms with Crippen LogP contribution in [0, 0.1) is 6.92 Å². The molecule has 3 aromatic rings. The molecule has 6 nitrogen and oxygen atoms in total. The van der Waals surface area contributed by atoms with Crippen molar-refractivity contribution in [1.29, 1.82) is 0 Å². The largest absolute Gasteiger partial charge is 0.493 e. The van der Waals surface area contributed by atoms with E-state index in [1.807, 2.05) is 35.9 Å². The predicted octanol–water partition coefficient (Wildman–Crippen LogP) is 4.25. The molecular weight excluding hydrogens is 416 g/mol. The maximum atomic E-state index is 12.9. The van der Waals surface area contributed by atoms with Gasteiger partial charge in [0.15, 0.2) is 17.2 Å². The normalized spacial score (nSPS) is 12.7. The number of methoxy groups -OCH3 is 1. The first-order valence-corrected chi connectivity index (χ1v) is 10.5. The van der Waals surface area contributed by atoms with Crippen molar-refractivity contribution < 1.29 is 23.0 Å². The Morgan fingerprint density at radius 3 is 2.75 bits per heavy atom. The van der Waals surface area contributed by atoms with Crippen molar-refractivity contribution in [3.63, 3.8) is 0 Å². The van der Waals surface area contributed by atoms with Crippen LogP contribution in [0.4, 0.5) is 8.78 Å². The van der Waals surface area contributed by atoms with Gasteiger partial charge < -0.3 is 14.8 Å². The van der Waals surface area contributed by atoms with Gasteiger partial charge in [0.05, 0.1) is 12.8 Å². The Morgan fingerprint density at radius 1 is 1.19 bits per heavy atom. The molecule has 0 aliphatic heterocycles. The number of benzene rings is 2. The summed E-state index contributed by atoms with van der Waals surface area (Å²) in [6.07, 6.45) is 3.17. The molecule has 0 fully saturated rings. The minimum absolute atomic E-state index is 0.0267. The molecule has 4 rings (SSSR count). The van der Waals surface area contributed by atoms with Crippen molar-refractivity contribution in [2.24, 2.45) is 0 Å². The molecule has 2 aromatic carbocycles. The van der Waals surface area contributed by atoms with Gasteiger partial charge in [-0.3, -0.25) is 4.79 Å².